The molecular weight excluding hydrogens is 276 g/mol. The van der Waals surface area contributed by atoms with Crippen molar-refractivity contribution in [2.75, 3.05) is 18.0 Å². The van der Waals surface area contributed by atoms with E-state index in [4.69, 9.17) is 0 Å². The Kier molecular flexibility index (Phi) is 3.03. The van der Waals surface area contributed by atoms with Gasteiger partial charge >= 0.3 is 0 Å². The largest absolute Gasteiger partial charge is 0.354 e. The first-order chi connectivity index (χ1) is 10.7. The lowest BCUT2D eigenvalue weighted by molar-refractivity contribution is 0.494. The maximum Gasteiger partial charge on any atom is 0.164 e. The van der Waals surface area contributed by atoms with Crippen LogP contribution in [0.1, 0.15) is 23.9 Å². The quantitative estimate of drug-likeness (QED) is 0.725. The summed E-state index contributed by atoms with van der Waals surface area (Å²) in [6.07, 6.45) is 6.87. The lowest BCUT2D eigenvalue weighted by atomic mass is 10.3. The highest BCUT2D eigenvalue weighted by atomic mass is 15.3. The van der Waals surface area contributed by atoms with Crippen LogP contribution >= 0.6 is 0 Å². The highest BCUT2D eigenvalue weighted by Crippen LogP contribution is 2.29. The van der Waals surface area contributed by atoms with E-state index in [1.54, 1.807) is 6.20 Å². The fourth-order valence-corrected chi connectivity index (χ4v) is 3.08. The summed E-state index contributed by atoms with van der Waals surface area (Å²) >= 11 is 0. The van der Waals surface area contributed by atoms with Crippen molar-refractivity contribution in [3.05, 3.63) is 42.1 Å². The monoisotopic (exact) mass is 294 g/mol. The smallest absolute Gasteiger partial charge is 0.164 e. The zero-order chi connectivity index (χ0) is 15.1. The van der Waals surface area contributed by atoms with Crippen LogP contribution in [0.2, 0.25) is 0 Å². The maximum absolute atomic E-state index is 4.66. The molecule has 0 N–H and O–H groups in total. The molecular formula is C16H18N6. The lowest BCUT2D eigenvalue weighted by Gasteiger charge is -2.19. The molecule has 0 amide bonds. The third-order valence-electron chi connectivity index (χ3n) is 4.13. The Hall–Kier alpha value is -2.50. The van der Waals surface area contributed by atoms with Crippen molar-refractivity contribution >= 4 is 16.9 Å². The van der Waals surface area contributed by atoms with E-state index in [1.165, 1.54) is 5.56 Å². The predicted octanol–water partition coefficient (Wildman–Crippen LogP) is 2.29. The van der Waals surface area contributed by atoms with Gasteiger partial charge in [0.1, 0.15) is 11.6 Å². The second-order valence-electron chi connectivity index (χ2n) is 5.86. The van der Waals surface area contributed by atoms with Crippen LogP contribution in [0, 0.1) is 13.8 Å². The molecule has 0 saturated carbocycles. The van der Waals surface area contributed by atoms with Crippen molar-refractivity contribution < 1.29 is 0 Å². The molecule has 1 aliphatic heterocycles. The lowest BCUT2D eigenvalue weighted by Crippen LogP contribution is -2.23. The minimum atomic E-state index is 0.399. The van der Waals surface area contributed by atoms with Gasteiger partial charge in [0.05, 0.1) is 17.6 Å². The number of fused-ring (bicyclic) bond motifs is 1. The van der Waals surface area contributed by atoms with Gasteiger partial charge in [-0.25, -0.2) is 15.0 Å². The topological polar surface area (TPSA) is 59.7 Å². The molecule has 3 aromatic rings. The number of hydrogen-bond acceptors (Lipinski definition) is 5. The van der Waals surface area contributed by atoms with Crippen LogP contribution in [0.15, 0.2) is 30.7 Å². The van der Waals surface area contributed by atoms with Crippen molar-refractivity contribution in [3.8, 4) is 0 Å². The average Bonchev–Trinajstić information content (AvgIpc) is 3.15. The third-order valence-corrected chi connectivity index (χ3v) is 4.13. The van der Waals surface area contributed by atoms with Crippen molar-refractivity contribution in [2.45, 2.75) is 26.3 Å². The fraction of sp³-hybridized carbons (Fsp3) is 0.375. The summed E-state index contributed by atoms with van der Waals surface area (Å²) in [5.74, 6) is 1.75. The number of anilines is 1. The molecule has 4 rings (SSSR count). The summed E-state index contributed by atoms with van der Waals surface area (Å²) in [5.41, 5.74) is 1.97. The van der Waals surface area contributed by atoms with E-state index >= 15 is 0 Å². The Balaban J connectivity index is 1.68. The molecule has 1 atom stereocenters. The van der Waals surface area contributed by atoms with Gasteiger partial charge in [0.2, 0.25) is 0 Å². The van der Waals surface area contributed by atoms with Crippen molar-refractivity contribution in [3.63, 3.8) is 0 Å². The number of hydrogen-bond donors (Lipinski definition) is 0. The Labute approximate surface area is 128 Å². The van der Waals surface area contributed by atoms with Crippen LogP contribution in [-0.2, 0) is 0 Å². The van der Waals surface area contributed by atoms with E-state index in [0.29, 0.717) is 6.04 Å². The summed E-state index contributed by atoms with van der Waals surface area (Å²) in [7, 11) is 0. The number of pyridine rings is 1. The normalized spacial score (nSPS) is 18.3. The highest BCUT2D eigenvalue weighted by molar-refractivity contribution is 5.86. The van der Waals surface area contributed by atoms with Gasteiger partial charge in [0, 0.05) is 25.5 Å². The molecule has 0 radical (unpaired) electrons. The molecule has 4 heterocycles. The second-order valence-corrected chi connectivity index (χ2v) is 5.86. The number of nitrogens with zero attached hydrogens (tertiary/aromatic N) is 6. The molecule has 0 spiro atoms. The zero-order valence-electron chi connectivity index (χ0n) is 12.8. The van der Waals surface area contributed by atoms with Crippen molar-refractivity contribution in [2.24, 2.45) is 0 Å². The molecule has 0 aromatic carbocycles. The fourth-order valence-electron chi connectivity index (χ4n) is 3.08. The van der Waals surface area contributed by atoms with E-state index in [9.17, 15) is 0 Å². The first-order valence-electron chi connectivity index (χ1n) is 7.56. The van der Waals surface area contributed by atoms with Gasteiger partial charge in [-0.3, -0.25) is 4.68 Å². The molecule has 3 aromatic heterocycles. The van der Waals surface area contributed by atoms with Crippen molar-refractivity contribution in [1.29, 1.82) is 0 Å². The van der Waals surface area contributed by atoms with Crippen LogP contribution < -0.4 is 4.90 Å². The van der Waals surface area contributed by atoms with Gasteiger partial charge in [-0.05, 0) is 38.0 Å². The number of aryl methyl sites for hydroxylation is 2. The van der Waals surface area contributed by atoms with Crippen LogP contribution in [0.5, 0.6) is 0 Å². The Morgan fingerprint density at radius 2 is 2.14 bits per heavy atom. The Morgan fingerprint density at radius 1 is 1.23 bits per heavy atom. The van der Waals surface area contributed by atoms with Gasteiger partial charge in [0.15, 0.2) is 5.65 Å². The predicted molar refractivity (Wildman–Crippen MR) is 84.9 cm³/mol. The van der Waals surface area contributed by atoms with E-state index in [-0.39, 0.29) is 0 Å². The number of rotatable bonds is 2. The number of aromatic nitrogens is 5. The van der Waals surface area contributed by atoms with Crippen LogP contribution in [0.4, 0.5) is 5.82 Å². The summed E-state index contributed by atoms with van der Waals surface area (Å²) < 4.78 is 2.07. The van der Waals surface area contributed by atoms with Crippen LogP contribution in [0.25, 0.3) is 11.0 Å². The highest BCUT2D eigenvalue weighted by Gasteiger charge is 2.27. The molecule has 6 nitrogen and oxygen atoms in total. The minimum Gasteiger partial charge on any atom is -0.354 e. The standard InChI is InChI=1S/C16H18N6/c1-11-8-18-22(9-11)13-5-7-21(10-13)16-14-4-3-6-17-15(14)19-12(2)20-16/h3-4,6,8-9,13H,5,7,10H2,1-2H3. The second kappa shape index (κ2) is 5.05. The first-order valence-corrected chi connectivity index (χ1v) is 7.56. The van der Waals surface area contributed by atoms with Gasteiger partial charge in [-0.1, -0.05) is 0 Å². The molecule has 1 unspecified atom stereocenters. The van der Waals surface area contributed by atoms with Crippen LogP contribution in [-0.4, -0.2) is 37.8 Å². The molecule has 6 heteroatoms. The molecule has 0 aliphatic carbocycles. The van der Waals surface area contributed by atoms with E-state index in [2.05, 4.69) is 42.8 Å². The zero-order valence-corrected chi connectivity index (χ0v) is 12.8. The maximum atomic E-state index is 4.66. The van der Waals surface area contributed by atoms with E-state index < -0.39 is 0 Å². The average molecular weight is 294 g/mol. The van der Waals surface area contributed by atoms with E-state index in [0.717, 1.165) is 42.2 Å². The Morgan fingerprint density at radius 3 is 2.95 bits per heavy atom. The summed E-state index contributed by atoms with van der Waals surface area (Å²) in [6.45, 7) is 5.89. The molecule has 1 aliphatic rings. The first kappa shape index (κ1) is 13.2. The van der Waals surface area contributed by atoms with Gasteiger partial charge in [-0.2, -0.15) is 5.10 Å². The van der Waals surface area contributed by atoms with Gasteiger partial charge < -0.3 is 4.90 Å². The third kappa shape index (κ3) is 2.20. The molecule has 1 saturated heterocycles. The van der Waals surface area contributed by atoms with Crippen LogP contribution in [0.3, 0.4) is 0 Å². The molecule has 0 bridgehead atoms. The molecule has 22 heavy (non-hydrogen) atoms. The summed E-state index contributed by atoms with van der Waals surface area (Å²) in [6, 6.07) is 4.38. The summed E-state index contributed by atoms with van der Waals surface area (Å²) in [5, 5.41) is 5.47. The van der Waals surface area contributed by atoms with Gasteiger partial charge in [-0.15, -0.1) is 0 Å². The Bertz CT molecular complexity index is 824. The SMILES string of the molecule is Cc1cnn(C2CCN(c3nc(C)nc4ncccc34)C2)c1. The summed E-state index contributed by atoms with van der Waals surface area (Å²) in [4.78, 5) is 15.8. The molecule has 1 fully saturated rings. The van der Waals surface area contributed by atoms with E-state index in [1.807, 2.05) is 25.3 Å². The minimum absolute atomic E-state index is 0.399. The molecule has 112 valence electrons. The van der Waals surface area contributed by atoms with Crippen molar-refractivity contribution in [1.82, 2.24) is 24.7 Å². The van der Waals surface area contributed by atoms with Gasteiger partial charge in [0.25, 0.3) is 0 Å².